The van der Waals surface area contributed by atoms with Gasteiger partial charge in [-0.05, 0) is 55.1 Å². The van der Waals surface area contributed by atoms with Gasteiger partial charge in [-0.3, -0.25) is 0 Å². The molecule has 1 N–H and O–H groups in total. The van der Waals surface area contributed by atoms with E-state index in [0.717, 1.165) is 11.6 Å². The lowest BCUT2D eigenvalue weighted by Gasteiger charge is -2.43. The van der Waals surface area contributed by atoms with Crippen molar-refractivity contribution in [1.82, 2.24) is 0 Å². The maximum atomic E-state index is 13.5. The lowest BCUT2D eigenvalue weighted by molar-refractivity contribution is 0.155. The summed E-state index contributed by atoms with van der Waals surface area (Å²) in [6, 6.07) is 5.21. The summed E-state index contributed by atoms with van der Waals surface area (Å²) in [7, 11) is 0. The van der Waals surface area contributed by atoms with E-state index in [0.29, 0.717) is 23.8 Å². The number of anilines is 1. The average Bonchev–Trinajstić information content (AvgIpc) is 2.88. The zero-order valence-electron chi connectivity index (χ0n) is 13.5. The first-order valence-electron chi connectivity index (χ1n) is 8.06. The molecule has 2 nitrogen and oxygen atoms in total. The van der Waals surface area contributed by atoms with Gasteiger partial charge in [-0.2, -0.15) is 0 Å². The normalized spacial score (nSPS) is 33.2. The summed E-state index contributed by atoms with van der Waals surface area (Å²) in [5.74, 6) is 1.16. The predicted molar refractivity (Wildman–Crippen MR) is 84.2 cm³/mol. The predicted octanol–water partition coefficient (Wildman–Crippen LogP) is 4.85. The molecule has 0 aliphatic heterocycles. The Morgan fingerprint density at radius 3 is 2.71 bits per heavy atom. The molecule has 0 amide bonds. The molecule has 3 atom stereocenters. The molecular formula is C18H26FNO. The lowest BCUT2D eigenvalue weighted by Crippen LogP contribution is -2.45. The molecule has 0 saturated heterocycles. The average molecular weight is 291 g/mol. The van der Waals surface area contributed by atoms with Gasteiger partial charge in [0.1, 0.15) is 11.6 Å². The molecule has 0 radical (unpaired) electrons. The fourth-order valence-corrected chi connectivity index (χ4v) is 4.71. The van der Waals surface area contributed by atoms with Crippen LogP contribution in [-0.2, 0) is 0 Å². The second-order valence-corrected chi connectivity index (χ2v) is 7.57. The number of hydrogen-bond acceptors (Lipinski definition) is 2. The van der Waals surface area contributed by atoms with E-state index in [9.17, 15) is 4.39 Å². The van der Waals surface area contributed by atoms with E-state index in [1.807, 2.05) is 13.0 Å². The minimum Gasteiger partial charge on any atom is -0.492 e. The van der Waals surface area contributed by atoms with Gasteiger partial charge in [0.2, 0.25) is 0 Å². The fourth-order valence-electron chi connectivity index (χ4n) is 4.71. The number of fused-ring (bicyclic) bond motifs is 2. The van der Waals surface area contributed by atoms with Crippen LogP contribution >= 0.6 is 0 Å². The highest BCUT2D eigenvalue weighted by Crippen LogP contribution is 2.63. The van der Waals surface area contributed by atoms with E-state index in [1.165, 1.54) is 31.4 Å². The van der Waals surface area contributed by atoms with Crippen molar-refractivity contribution < 1.29 is 9.13 Å². The molecule has 1 aromatic rings. The smallest absolute Gasteiger partial charge is 0.145 e. The maximum absolute atomic E-state index is 13.5. The second-order valence-electron chi connectivity index (χ2n) is 7.57. The maximum Gasteiger partial charge on any atom is 0.145 e. The quantitative estimate of drug-likeness (QED) is 0.856. The van der Waals surface area contributed by atoms with Crippen molar-refractivity contribution in [2.75, 3.05) is 11.9 Å². The summed E-state index contributed by atoms with van der Waals surface area (Å²) >= 11 is 0. The molecule has 2 saturated carbocycles. The van der Waals surface area contributed by atoms with Crippen LogP contribution in [0, 0.1) is 22.6 Å². The van der Waals surface area contributed by atoms with E-state index in [2.05, 4.69) is 26.1 Å². The van der Waals surface area contributed by atoms with Gasteiger partial charge in [-0.1, -0.05) is 20.8 Å². The molecule has 2 aliphatic rings. The summed E-state index contributed by atoms with van der Waals surface area (Å²) < 4.78 is 19.1. The Balaban J connectivity index is 1.90. The Kier molecular flexibility index (Phi) is 3.42. The molecule has 2 aliphatic carbocycles. The third kappa shape index (κ3) is 2.31. The largest absolute Gasteiger partial charge is 0.492 e. The number of benzene rings is 1. The van der Waals surface area contributed by atoms with Crippen LogP contribution in [0.3, 0.4) is 0 Å². The first-order chi connectivity index (χ1) is 9.87. The van der Waals surface area contributed by atoms with Crippen molar-refractivity contribution in [3.8, 4) is 5.75 Å². The number of ether oxygens (including phenoxy) is 1. The Hall–Kier alpha value is -1.25. The highest BCUT2D eigenvalue weighted by atomic mass is 19.1. The topological polar surface area (TPSA) is 21.3 Å². The Morgan fingerprint density at radius 2 is 2.10 bits per heavy atom. The van der Waals surface area contributed by atoms with Crippen molar-refractivity contribution in [1.29, 1.82) is 0 Å². The third-order valence-corrected chi connectivity index (χ3v) is 5.81. The van der Waals surface area contributed by atoms with E-state index in [1.54, 1.807) is 0 Å². The first kappa shape index (κ1) is 14.7. The molecule has 2 fully saturated rings. The minimum atomic E-state index is -0.248. The van der Waals surface area contributed by atoms with Crippen molar-refractivity contribution in [3.63, 3.8) is 0 Å². The zero-order valence-corrected chi connectivity index (χ0v) is 13.5. The van der Waals surface area contributed by atoms with Crippen LogP contribution in [0.25, 0.3) is 0 Å². The summed E-state index contributed by atoms with van der Waals surface area (Å²) in [6.07, 6.45) is 3.91. The molecule has 0 spiro atoms. The standard InChI is InChI=1S/C18H26FNO/c1-5-21-15-10-13(19)6-7-14(15)20-16-17(2,3)12-8-9-18(16,4)11-12/h6-7,10,12,16,20H,5,8-9,11H2,1-4H3/t12-,16?,18+/m0/s1. The monoisotopic (exact) mass is 291 g/mol. The highest BCUT2D eigenvalue weighted by molar-refractivity contribution is 5.58. The van der Waals surface area contributed by atoms with Crippen LogP contribution < -0.4 is 10.1 Å². The molecular weight excluding hydrogens is 265 g/mol. The summed E-state index contributed by atoms with van der Waals surface area (Å²) in [5, 5.41) is 3.69. The van der Waals surface area contributed by atoms with E-state index < -0.39 is 0 Å². The number of halogens is 1. The molecule has 1 unspecified atom stereocenters. The highest BCUT2D eigenvalue weighted by Gasteiger charge is 2.59. The SMILES string of the molecule is CCOc1cc(F)ccc1NC1C(C)(C)[C@H]2CC[C@]1(C)C2. The molecule has 3 heteroatoms. The van der Waals surface area contributed by atoms with Crippen LogP contribution in [-0.4, -0.2) is 12.6 Å². The Morgan fingerprint density at radius 1 is 1.33 bits per heavy atom. The minimum absolute atomic E-state index is 0.248. The van der Waals surface area contributed by atoms with E-state index in [-0.39, 0.29) is 11.2 Å². The van der Waals surface area contributed by atoms with Gasteiger partial charge in [-0.15, -0.1) is 0 Å². The van der Waals surface area contributed by atoms with Gasteiger partial charge in [0.05, 0.1) is 12.3 Å². The summed E-state index contributed by atoms with van der Waals surface area (Å²) in [5.41, 5.74) is 1.53. The Bertz CT molecular complexity index is 537. The van der Waals surface area contributed by atoms with E-state index >= 15 is 0 Å². The first-order valence-corrected chi connectivity index (χ1v) is 8.06. The molecule has 3 rings (SSSR count). The fraction of sp³-hybridized carbons (Fsp3) is 0.667. The number of hydrogen-bond donors (Lipinski definition) is 1. The van der Waals surface area contributed by atoms with Crippen molar-refractivity contribution >= 4 is 5.69 Å². The zero-order chi connectivity index (χ0) is 15.3. The van der Waals surface area contributed by atoms with Crippen LogP contribution in [0.15, 0.2) is 18.2 Å². The van der Waals surface area contributed by atoms with Crippen LogP contribution in [0.2, 0.25) is 0 Å². The molecule has 116 valence electrons. The van der Waals surface area contributed by atoms with Gasteiger partial charge < -0.3 is 10.1 Å². The molecule has 2 bridgehead atoms. The van der Waals surface area contributed by atoms with Gasteiger partial charge >= 0.3 is 0 Å². The summed E-state index contributed by atoms with van der Waals surface area (Å²) in [4.78, 5) is 0. The third-order valence-electron chi connectivity index (χ3n) is 5.81. The van der Waals surface area contributed by atoms with Gasteiger partial charge in [-0.25, -0.2) is 4.39 Å². The van der Waals surface area contributed by atoms with Gasteiger partial charge in [0.15, 0.2) is 0 Å². The summed E-state index contributed by atoms with van der Waals surface area (Å²) in [6.45, 7) is 9.60. The molecule has 0 aromatic heterocycles. The number of nitrogens with one attached hydrogen (secondary N) is 1. The molecule has 1 aromatic carbocycles. The van der Waals surface area contributed by atoms with Crippen LogP contribution in [0.5, 0.6) is 5.75 Å². The van der Waals surface area contributed by atoms with Crippen molar-refractivity contribution in [2.24, 2.45) is 16.7 Å². The van der Waals surface area contributed by atoms with Crippen molar-refractivity contribution in [3.05, 3.63) is 24.0 Å². The van der Waals surface area contributed by atoms with Crippen molar-refractivity contribution in [2.45, 2.75) is 53.0 Å². The van der Waals surface area contributed by atoms with Gasteiger partial charge in [0, 0.05) is 12.1 Å². The lowest BCUT2D eigenvalue weighted by atomic mass is 9.68. The van der Waals surface area contributed by atoms with Gasteiger partial charge in [0.25, 0.3) is 0 Å². The Labute approximate surface area is 127 Å². The van der Waals surface area contributed by atoms with Crippen LogP contribution in [0.1, 0.15) is 47.0 Å². The van der Waals surface area contributed by atoms with E-state index in [4.69, 9.17) is 4.74 Å². The molecule has 0 heterocycles. The van der Waals surface area contributed by atoms with Crippen LogP contribution in [0.4, 0.5) is 10.1 Å². The second kappa shape index (κ2) is 4.89. The number of rotatable bonds is 4. The molecule has 21 heavy (non-hydrogen) atoms.